The lowest BCUT2D eigenvalue weighted by Crippen LogP contribution is -2.52. The molecule has 4 unspecified atom stereocenters. The van der Waals surface area contributed by atoms with Gasteiger partial charge in [-0.15, -0.1) is 0 Å². The molecular weight excluding hydrogens is 140 g/mol. The highest BCUT2D eigenvalue weighted by Crippen LogP contribution is 2.34. The molecule has 3 fully saturated rings. The van der Waals surface area contributed by atoms with Crippen molar-refractivity contribution in [2.75, 3.05) is 6.54 Å². The number of nitrogens with one attached hydrogen (secondary N) is 2. The molecule has 3 heterocycles. The van der Waals surface area contributed by atoms with Gasteiger partial charge in [-0.25, -0.2) is 0 Å². The van der Waals surface area contributed by atoms with Gasteiger partial charge < -0.3 is 15.7 Å². The number of piperidine rings is 2. The van der Waals surface area contributed by atoms with Gasteiger partial charge in [0, 0.05) is 18.1 Å². The van der Waals surface area contributed by atoms with Crippen LogP contribution in [-0.2, 0) is 0 Å². The van der Waals surface area contributed by atoms with Gasteiger partial charge in [-0.1, -0.05) is 0 Å². The Kier molecular flexibility index (Phi) is 1.15. The van der Waals surface area contributed by atoms with Crippen LogP contribution < -0.4 is 10.6 Å². The zero-order chi connectivity index (χ0) is 7.42. The van der Waals surface area contributed by atoms with Crippen LogP contribution in [0.2, 0.25) is 0 Å². The second-order valence-corrected chi connectivity index (χ2v) is 4.14. The van der Waals surface area contributed by atoms with Crippen LogP contribution in [0.5, 0.6) is 0 Å². The molecule has 0 aromatic rings. The van der Waals surface area contributed by atoms with Crippen LogP contribution in [-0.4, -0.2) is 35.9 Å². The minimum absolute atomic E-state index is 0.132. The Morgan fingerprint density at radius 1 is 1.18 bits per heavy atom. The number of hydrogen-bond acceptors (Lipinski definition) is 3. The molecule has 0 aromatic carbocycles. The number of rotatable bonds is 0. The Hall–Kier alpha value is -0.120. The van der Waals surface area contributed by atoms with E-state index in [2.05, 4.69) is 10.6 Å². The minimum atomic E-state index is -0.132. The normalized spacial score (nSPS) is 60.3. The average molecular weight is 154 g/mol. The molecule has 3 aliphatic heterocycles. The van der Waals surface area contributed by atoms with Gasteiger partial charge in [0.1, 0.15) is 0 Å². The molecule has 3 saturated heterocycles. The summed E-state index contributed by atoms with van der Waals surface area (Å²) in [7, 11) is 0. The Morgan fingerprint density at radius 2 is 2.00 bits per heavy atom. The molecule has 0 aromatic heterocycles. The second-order valence-electron chi connectivity index (χ2n) is 4.14. The summed E-state index contributed by atoms with van der Waals surface area (Å²) in [5, 5.41) is 16.6. The van der Waals surface area contributed by atoms with E-state index in [0.29, 0.717) is 18.1 Å². The quantitative estimate of drug-likeness (QED) is 0.422. The molecule has 62 valence electrons. The average Bonchev–Trinajstić information content (AvgIpc) is 2.14. The van der Waals surface area contributed by atoms with Crippen molar-refractivity contribution in [1.82, 2.24) is 10.6 Å². The van der Waals surface area contributed by atoms with Crippen LogP contribution in [0, 0.1) is 5.92 Å². The molecule has 0 aliphatic carbocycles. The van der Waals surface area contributed by atoms with E-state index in [9.17, 15) is 5.11 Å². The van der Waals surface area contributed by atoms with Gasteiger partial charge in [-0.2, -0.15) is 0 Å². The molecule has 3 nitrogen and oxygen atoms in total. The van der Waals surface area contributed by atoms with Crippen LogP contribution in [0.25, 0.3) is 0 Å². The molecule has 0 spiro atoms. The molecule has 0 radical (unpaired) electrons. The van der Waals surface area contributed by atoms with Gasteiger partial charge in [-0.05, 0) is 25.3 Å². The summed E-state index contributed by atoms with van der Waals surface area (Å²) in [4.78, 5) is 0. The zero-order valence-corrected chi connectivity index (χ0v) is 6.46. The maximum atomic E-state index is 9.76. The fourth-order valence-electron chi connectivity index (χ4n) is 2.93. The molecular formula is C8H14N2O. The number of aliphatic hydroxyl groups excluding tert-OH is 1. The van der Waals surface area contributed by atoms with Crippen molar-refractivity contribution >= 4 is 0 Å². The molecule has 0 saturated carbocycles. The van der Waals surface area contributed by atoms with Gasteiger partial charge in [0.15, 0.2) is 0 Å². The summed E-state index contributed by atoms with van der Waals surface area (Å²) in [6.45, 7) is 1.12. The van der Waals surface area contributed by atoms with Crippen LogP contribution in [0.4, 0.5) is 0 Å². The SMILES string of the molecule is O[C@H]1C2CC3CNC1C(C3)N2. The molecule has 3 rings (SSSR count). The molecule has 3 N–H and O–H groups in total. The fraction of sp³-hybridized carbons (Fsp3) is 1.00. The van der Waals surface area contributed by atoms with Gasteiger partial charge >= 0.3 is 0 Å². The fourth-order valence-corrected chi connectivity index (χ4v) is 2.93. The third kappa shape index (κ3) is 0.736. The maximum Gasteiger partial charge on any atom is 0.0861 e. The minimum Gasteiger partial charge on any atom is -0.390 e. The first-order chi connectivity index (χ1) is 5.34. The van der Waals surface area contributed by atoms with Crippen molar-refractivity contribution in [3.8, 4) is 0 Å². The van der Waals surface area contributed by atoms with E-state index in [1.165, 1.54) is 12.8 Å². The van der Waals surface area contributed by atoms with Gasteiger partial charge in [-0.3, -0.25) is 0 Å². The molecule has 3 heteroatoms. The standard InChI is InChI=1S/C8H14N2O/c11-8-6-2-4-1-5(10-6)7(8)9-3-4/h4-11H,1-3H2/t4?,5?,6?,7?,8-/m0/s1. The van der Waals surface area contributed by atoms with Gasteiger partial charge in [0.25, 0.3) is 0 Å². The summed E-state index contributed by atoms with van der Waals surface area (Å²) in [6, 6.07) is 1.29. The highest BCUT2D eigenvalue weighted by atomic mass is 16.3. The van der Waals surface area contributed by atoms with Gasteiger partial charge in [0.2, 0.25) is 0 Å². The maximum absolute atomic E-state index is 9.76. The van der Waals surface area contributed by atoms with Crippen molar-refractivity contribution < 1.29 is 5.11 Å². The van der Waals surface area contributed by atoms with E-state index in [1.807, 2.05) is 0 Å². The third-order valence-corrected chi connectivity index (χ3v) is 3.46. The molecule has 3 bridgehead atoms. The molecule has 3 aliphatic rings. The van der Waals surface area contributed by atoms with E-state index in [0.717, 1.165) is 12.5 Å². The van der Waals surface area contributed by atoms with Crippen LogP contribution in [0.3, 0.4) is 0 Å². The monoisotopic (exact) mass is 154 g/mol. The van der Waals surface area contributed by atoms with Crippen molar-refractivity contribution in [3.05, 3.63) is 0 Å². The van der Waals surface area contributed by atoms with E-state index >= 15 is 0 Å². The predicted molar refractivity (Wildman–Crippen MR) is 41.2 cm³/mol. The lowest BCUT2D eigenvalue weighted by atomic mass is 9.89. The predicted octanol–water partition coefficient (Wildman–Crippen LogP) is -0.930. The lowest BCUT2D eigenvalue weighted by Gasteiger charge is -2.34. The van der Waals surface area contributed by atoms with Crippen molar-refractivity contribution in [1.29, 1.82) is 0 Å². The summed E-state index contributed by atoms with van der Waals surface area (Å²) in [6.07, 6.45) is 2.30. The third-order valence-electron chi connectivity index (χ3n) is 3.46. The molecule has 5 atom stereocenters. The van der Waals surface area contributed by atoms with E-state index in [-0.39, 0.29) is 6.10 Å². The van der Waals surface area contributed by atoms with E-state index in [4.69, 9.17) is 0 Å². The molecule has 11 heavy (non-hydrogen) atoms. The van der Waals surface area contributed by atoms with Crippen molar-refractivity contribution in [2.45, 2.75) is 37.1 Å². The number of aliphatic hydroxyl groups is 1. The van der Waals surface area contributed by atoms with Crippen LogP contribution in [0.1, 0.15) is 12.8 Å². The Bertz CT molecular complexity index is 181. The van der Waals surface area contributed by atoms with Gasteiger partial charge in [0.05, 0.1) is 6.10 Å². The first-order valence-corrected chi connectivity index (χ1v) is 4.52. The second kappa shape index (κ2) is 1.97. The lowest BCUT2D eigenvalue weighted by molar-refractivity contribution is 0.137. The first kappa shape index (κ1) is 6.40. The first-order valence-electron chi connectivity index (χ1n) is 4.52. The largest absolute Gasteiger partial charge is 0.390 e. The Morgan fingerprint density at radius 3 is 2.91 bits per heavy atom. The highest BCUT2D eigenvalue weighted by molar-refractivity contribution is 5.10. The van der Waals surface area contributed by atoms with Crippen molar-refractivity contribution in [3.63, 3.8) is 0 Å². The Balaban J connectivity index is 1.96. The van der Waals surface area contributed by atoms with Crippen LogP contribution >= 0.6 is 0 Å². The van der Waals surface area contributed by atoms with Crippen molar-refractivity contribution in [2.24, 2.45) is 5.92 Å². The van der Waals surface area contributed by atoms with Crippen LogP contribution in [0.15, 0.2) is 0 Å². The van der Waals surface area contributed by atoms with E-state index in [1.54, 1.807) is 0 Å². The summed E-state index contributed by atoms with van der Waals surface area (Å²) >= 11 is 0. The zero-order valence-electron chi connectivity index (χ0n) is 6.46. The summed E-state index contributed by atoms with van der Waals surface area (Å²) in [5.41, 5.74) is 0. The topological polar surface area (TPSA) is 44.3 Å². The molecule has 0 amide bonds. The number of hydrogen-bond donors (Lipinski definition) is 3. The Labute approximate surface area is 66.2 Å². The summed E-state index contributed by atoms with van der Waals surface area (Å²) < 4.78 is 0. The van der Waals surface area contributed by atoms with E-state index < -0.39 is 0 Å². The highest BCUT2D eigenvalue weighted by Gasteiger charge is 2.49. The smallest absolute Gasteiger partial charge is 0.0861 e. The number of fused-ring (bicyclic) bond motifs is 2. The summed E-state index contributed by atoms with van der Waals surface area (Å²) in [5.74, 6) is 0.819.